The Balaban J connectivity index is 1.66. The Morgan fingerprint density at radius 2 is 2.09 bits per heavy atom. The van der Waals surface area contributed by atoms with Crippen molar-refractivity contribution in [2.45, 2.75) is 38.6 Å². The maximum atomic E-state index is 12.2. The van der Waals surface area contributed by atoms with Crippen LogP contribution in [0.5, 0.6) is 0 Å². The van der Waals surface area contributed by atoms with Crippen molar-refractivity contribution in [3.63, 3.8) is 0 Å². The van der Waals surface area contributed by atoms with Crippen LogP contribution in [0.2, 0.25) is 0 Å². The number of aliphatic imine (C=N–C) groups is 2. The van der Waals surface area contributed by atoms with Crippen LogP contribution in [-0.4, -0.2) is 28.0 Å². The molecule has 0 saturated heterocycles. The highest BCUT2D eigenvalue weighted by molar-refractivity contribution is 6.15. The minimum Gasteiger partial charge on any atom is -0.423 e. The number of hydrogen-bond donors (Lipinski definition) is 1. The van der Waals surface area contributed by atoms with Gasteiger partial charge in [-0.05, 0) is 38.8 Å². The molecule has 1 unspecified atom stereocenters. The number of rotatable bonds is 1. The minimum atomic E-state index is -0.497. The van der Waals surface area contributed by atoms with Gasteiger partial charge in [0.15, 0.2) is 5.58 Å². The van der Waals surface area contributed by atoms with E-state index in [1.807, 2.05) is 38.1 Å². The largest absolute Gasteiger partial charge is 0.423 e. The minimum absolute atomic E-state index is 0.203. The van der Waals surface area contributed by atoms with Crippen LogP contribution < -0.4 is 5.32 Å². The summed E-state index contributed by atoms with van der Waals surface area (Å²) < 4.78 is 5.66. The van der Waals surface area contributed by atoms with Gasteiger partial charge in [0.1, 0.15) is 11.3 Å². The second-order valence-electron chi connectivity index (χ2n) is 6.56. The maximum Gasteiger partial charge on any atom is 0.302 e. The van der Waals surface area contributed by atoms with Crippen molar-refractivity contribution in [2.24, 2.45) is 15.9 Å². The molecule has 0 radical (unpaired) electrons. The van der Waals surface area contributed by atoms with Crippen LogP contribution >= 0.6 is 0 Å². The highest BCUT2D eigenvalue weighted by Crippen LogP contribution is 2.34. The molecule has 23 heavy (non-hydrogen) atoms. The summed E-state index contributed by atoms with van der Waals surface area (Å²) in [6.07, 6.45) is 2.32. The van der Waals surface area contributed by atoms with Gasteiger partial charge >= 0.3 is 6.01 Å². The molecule has 2 aromatic rings. The number of anilines is 1. The standard InChI is InChI=1S/C17H18N4O2/c1-17(2)14-11(7-5-8-12(14)22)18-15(21-17)20-16-19-10-6-3-4-9-13(10)23-16/h3-4,6,9,14H,5,7-8H2,1-2H3,(H,19,20,21). The first-order valence-electron chi connectivity index (χ1n) is 7.85. The molecule has 6 nitrogen and oxygen atoms in total. The van der Waals surface area contributed by atoms with Gasteiger partial charge in [-0.3, -0.25) is 10.1 Å². The average Bonchev–Trinajstić information content (AvgIpc) is 2.88. The zero-order valence-corrected chi connectivity index (χ0v) is 13.2. The topological polar surface area (TPSA) is 79.8 Å². The smallest absolute Gasteiger partial charge is 0.302 e. The Morgan fingerprint density at radius 1 is 1.26 bits per heavy atom. The Kier molecular flexibility index (Phi) is 3.07. The number of benzene rings is 1. The number of guanidine groups is 1. The van der Waals surface area contributed by atoms with Crippen LogP contribution in [-0.2, 0) is 4.79 Å². The van der Waals surface area contributed by atoms with E-state index in [1.54, 1.807) is 0 Å². The maximum absolute atomic E-state index is 12.2. The molecule has 0 amide bonds. The Bertz CT molecular complexity index is 814. The molecule has 6 heteroatoms. The number of carbonyl (C=O) groups is 1. The normalized spacial score (nSPS) is 23.2. The molecule has 4 rings (SSSR count). The van der Waals surface area contributed by atoms with E-state index in [0.29, 0.717) is 24.0 Å². The van der Waals surface area contributed by atoms with Crippen molar-refractivity contribution in [2.75, 3.05) is 5.32 Å². The Labute approximate surface area is 133 Å². The van der Waals surface area contributed by atoms with Crippen LogP contribution in [0, 0.1) is 5.92 Å². The monoisotopic (exact) mass is 310 g/mol. The molecule has 0 spiro atoms. The van der Waals surface area contributed by atoms with Crippen LogP contribution in [0.4, 0.5) is 6.01 Å². The van der Waals surface area contributed by atoms with E-state index >= 15 is 0 Å². The van der Waals surface area contributed by atoms with Gasteiger partial charge in [0.25, 0.3) is 0 Å². The summed E-state index contributed by atoms with van der Waals surface area (Å²) in [5.41, 5.74) is 1.91. The molecule has 1 saturated carbocycles. The number of fused-ring (bicyclic) bond motifs is 2. The molecule has 2 heterocycles. The SMILES string of the molecule is CC1(C)N=C(Nc2nc3ccccc3o2)N=C2CCCC(=O)C21. The summed E-state index contributed by atoms with van der Waals surface area (Å²) in [6.45, 7) is 3.95. The number of Topliss-reactive ketones (excluding diaryl/α,β-unsaturated/α-hetero) is 1. The third kappa shape index (κ3) is 2.44. The molecule has 1 aromatic heterocycles. The Hall–Kier alpha value is -2.50. The molecular formula is C17H18N4O2. The average molecular weight is 310 g/mol. The predicted octanol–water partition coefficient (Wildman–Crippen LogP) is 3.20. The summed E-state index contributed by atoms with van der Waals surface area (Å²) in [7, 11) is 0. The van der Waals surface area contributed by atoms with Gasteiger partial charge in [-0.2, -0.15) is 4.98 Å². The summed E-state index contributed by atoms with van der Waals surface area (Å²) in [6, 6.07) is 7.93. The van der Waals surface area contributed by atoms with Crippen LogP contribution in [0.15, 0.2) is 38.7 Å². The van der Waals surface area contributed by atoms with E-state index in [4.69, 9.17) is 4.42 Å². The molecule has 0 bridgehead atoms. The van der Waals surface area contributed by atoms with E-state index in [1.165, 1.54) is 0 Å². The van der Waals surface area contributed by atoms with Gasteiger partial charge in [0.05, 0.1) is 11.5 Å². The highest BCUT2D eigenvalue weighted by Gasteiger charge is 2.43. The van der Waals surface area contributed by atoms with Gasteiger partial charge in [-0.1, -0.05) is 12.1 Å². The zero-order chi connectivity index (χ0) is 16.0. The van der Waals surface area contributed by atoms with Crippen molar-refractivity contribution in [1.82, 2.24) is 4.98 Å². The van der Waals surface area contributed by atoms with Crippen LogP contribution in [0.3, 0.4) is 0 Å². The van der Waals surface area contributed by atoms with Crippen molar-refractivity contribution in [1.29, 1.82) is 0 Å². The van der Waals surface area contributed by atoms with Gasteiger partial charge in [-0.15, -0.1) is 0 Å². The molecule has 118 valence electrons. The number of para-hydroxylation sites is 2. The second kappa shape index (κ2) is 5.01. The predicted molar refractivity (Wildman–Crippen MR) is 88.9 cm³/mol. The molecule has 1 aliphatic carbocycles. The van der Waals surface area contributed by atoms with Crippen molar-refractivity contribution >= 4 is 34.6 Å². The fourth-order valence-corrected chi connectivity index (χ4v) is 3.42. The van der Waals surface area contributed by atoms with Gasteiger partial charge in [0, 0.05) is 12.1 Å². The number of oxazole rings is 1. The van der Waals surface area contributed by atoms with E-state index in [-0.39, 0.29) is 11.7 Å². The quantitative estimate of drug-likeness (QED) is 0.877. The van der Waals surface area contributed by atoms with E-state index in [0.717, 1.165) is 24.1 Å². The first kappa shape index (κ1) is 14.1. The van der Waals surface area contributed by atoms with E-state index in [9.17, 15) is 4.79 Å². The summed E-state index contributed by atoms with van der Waals surface area (Å²) >= 11 is 0. The van der Waals surface area contributed by atoms with E-state index in [2.05, 4.69) is 20.3 Å². The number of ketones is 1. The third-order valence-corrected chi connectivity index (χ3v) is 4.37. The first-order chi connectivity index (χ1) is 11.0. The lowest BCUT2D eigenvalue weighted by atomic mass is 9.74. The van der Waals surface area contributed by atoms with Gasteiger partial charge in [0.2, 0.25) is 5.96 Å². The van der Waals surface area contributed by atoms with Gasteiger partial charge in [-0.25, -0.2) is 9.98 Å². The number of carbonyl (C=O) groups excluding carboxylic acids is 1. The lowest BCUT2D eigenvalue weighted by molar-refractivity contribution is -0.122. The van der Waals surface area contributed by atoms with E-state index < -0.39 is 5.54 Å². The molecule has 1 atom stereocenters. The zero-order valence-electron chi connectivity index (χ0n) is 13.2. The van der Waals surface area contributed by atoms with Crippen molar-refractivity contribution in [3.8, 4) is 0 Å². The highest BCUT2D eigenvalue weighted by atomic mass is 16.4. The molecule has 1 aliphatic heterocycles. The summed E-state index contributed by atoms with van der Waals surface area (Å²) in [5, 5.41) is 3.05. The lowest BCUT2D eigenvalue weighted by Gasteiger charge is -2.36. The Morgan fingerprint density at radius 3 is 2.91 bits per heavy atom. The third-order valence-electron chi connectivity index (χ3n) is 4.37. The van der Waals surface area contributed by atoms with Crippen LogP contribution in [0.1, 0.15) is 33.1 Å². The van der Waals surface area contributed by atoms with Crippen molar-refractivity contribution in [3.05, 3.63) is 24.3 Å². The summed E-state index contributed by atoms with van der Waals surface area (Å²) in [4.78, 5) is 25.8. The molecule has 1 fully saturated rings. The molecular weight excluding hydrogens is 292 g/mol. The second-order valence-corrected chi connectivity index (χ2v) is 6.56. The number of aromatic nitrogens is 1. The molecule has 2 aliphatic rings. The first-order valence-corrected chi connectivity index (χ1v) is 7.85. The van der Waals surface area contributed by atoms with Gasteiger partial charge < -0.3 is 4.42 Å². The molecule has 1 N–H and O–H groups in total. The fourth-order valence-electron chi connectivity index (χ4n) is 3.42. The lowest BCUT2D eigenvalue weighted by Crippen LogP contribution is -2.47. The van der Waals surface area contributed by atoms with Crippen molar-refractivity contribution < 1.29 is 9.21 Å². The fraction of sp³-hybridized carbons (Fsp3) is 0.412. The van der Waals surface area contributed by atoms with Crippen LogP contribution in [0.25, 0.3) is 11.1 Å². The molecule has 1 aromatic carbocycles. The number of nitrogens with zero attached hydrogens (tertiary/aromatic N) is 3. The number of nitrogens with one attached hydrogen (secondary N) is 1. The summed E-state index contributed by atoms with van der Waals surface area (Å²) in [5.74, 6) is 0.498. The number of hydrogen-bond acceptors (Lipinski definition) is 6.